The molecule has 132 valence electrons. The van der Waals surface area contributed by atoms with Gasteiger partial charge in [-0.25, -0.2) is 15.6 Å². The van der Waals surface area contributed by atoms with Gasteiger partial charge in [0.15, 0.2) is 10.6 Å². The number of hydrogen-bond donors (Lipinski definition) is 4. The first kappa shape index (κ1) is 16.6. The number of carbonyl (C=O) groups is 1. The second-order valence-corrected chi connectivity index (χ2v) is 6.50. The van der Waals surface area contributed by atoms with E-state index < -0.39 is 5.97 Å². The molecule has 1 saturated heterocycles. The average Bonchev–Trinajstić information content (AvgIpc) is 3.29. The van der Waals surface area contributed by atoms with Gasteiger partial charge in [-0.1, -0.05) is 30.3 Å². The van der Waals surface area contributed by atoms with E-state index in [9.17, 15) is 4.79 Å². The van der Waals surface area contributed by atoms with E-state index in [2.05, 4.69) is 33.2 Å². The summed E-state index contributed by atoms with van der Waals surface area (Å²) in [6.07, 6.45) is 0.816. The maximum atomic E-state index is 11.0. The first-order valence-corrected chi connectivity index (χ1v) is 8.61. The molecule has 2 unspecified atom stereocenters. The van der Waals surface area contributed by atoms with Crippen molar-refractivity contribution in [2.24, 2.45) is 0 Å². The fourth-order valence-electron chi connectivity index (χ4n) is 3.17. The summed E-state index contributed by atoms with van der Waals surface area (Å²) in [6, 6.07) is 16.9. The molecule has 3 aromatic rings. The Kier molecular flexibility index (Phi) is 4.37. The van der Waals surface area contributed by atoms with E-state index in [1.807, 2.05) is 22.8 Å². The summed E-state index contributed by atoms with van der Waals surface area (Å²) in [5, 5.41) is 16.3. The first-order chi connectivity index (χ1) is 12.6. The Morgan fingerprint density at radius 1 is 1.08 bits per heavy atom. The molecule has 1 fully saturated rings. The number of rotatable bonds is 4. The van der Waals surface area contributed by atoms with Gasteiger partial charge in [0.05, 0.1) is 11.6 Å². The van der Waals surface area contributed by atoms with E-state index in [1.165, 1.54) is 5.56 Å². The maximum absolute atomic E-state index is 11.0. The number of aromatic nitrogens is 3. The molecule has 0 amide bonds. The normalized spacial score (nSPS) is 19.5. The fraction of sp³-hybridized carbons (Fsp3) is 0.167. The van der Waals surface area contributed by atoms with Crippen LogP contribution in [-0.2, 0) is 0 Å². The predicted octanol–water partition coefficient (Wildman–Crippen LogP) is 2.91. The third-order valence-electron chi connectivity index (χ3n) is 4.49. The minimum Gasteiger partial charge on any atom is -0.478 e. The molecule has 26 heavy (non-hydrogen) atoms. The summed E-state index contributed by atoms with van der Waals surface area (Å²) in [5.41, 5.74) is 8.79. The molecule has 0 radical (unpaired) electrons. The van der Waals surface area contributed by atoms with Crippen LogP contribution in [0.4, 0.5) is 0 Å². The number of nitrogens with zero attached hydrogens (tertiary/aromatic N) is 2. The van der Waals surface area contributed by atoms with Gasteiger partial charge < -0.3 is 5.11 Å². The topological polar surface area (TPSA) is 95.0 Å². The Balaban J connectivity index is 1.63. The number of H-pyrrole nitrogens is 1. The summed E-state index contributed by atoms with van der Waals surface area (Å²) < 4.78 is 2.29. The molecule has 4 rings (SSSR count). The van der Waals surface area contributed by atoms with Crippen LogP contribution < -0.4 is 10.9 Å². The predicted molar refractivity (Wildman–Crippen MR) is 98.5 cm³/mol. The molecule has 1 aromatic heterocycles. The van der Waals surface area contributed by atoms with E-state index in [0.717, 1.165) is 17.9 Å². The SMILES string of the molecule is O=C(O)c1ccc(-n2c(C3CC(c4ccccc4)NN3)n[nH]c2=S)cc1. The summed E-state index contributed by atoms with van der Waals surface area (Å²) in [5.74, 6) is -0.205. The lowest BCUT2D eigenvalue weighted by Crippen LogP contribution is -2.28. The molecule has 2 atom stereocenters. The number of carboxylic acids is 1. The van der Waals surface area contributed by atoms with Crippen molar-refractivity contribution in [2.75, 3.05) is 0 Å². The zero-order valence-corrected chi connectivity index (χ0v) is 14.5. The number of hydrazine groups is 1. The van der Waals surface area contributed by atoms with Crippen LogP contribution in [0.2, 0.25) is 0 Å². The highest BCUT2D eigenvalue weighted by Gasteiger charge is 2.30. The average molecular weight is 367 g/mol. The van der Waals surface area contributed by atoms with Crippen LogP contribution in [-0.4, -0.2) is 25.8 Å². The Hall–Kier alpha value is -2.81. The smallest absolute Gasteiger partial charge is 0.335 e. The monoisotopic (exact) mass is 367 g/mol. The van der Waals surface area contributed by atoms with E-state index in [4.69, 9.17) is 17.3 Å². The molecule has 0 bridgehead atoms. The van der Waals surface area contributed by atoms with Crippen molar-refractivity contribution in [2.45, 2.75) is 18.5 Å². The van der Waals surface area contributed by atoms with E-state index >= 15 is 0 Å². The third-order valence-corrected chi connectivity index (χ3v) is 4.76. The van der Waals surface area contributed by atoms with Crippen molar-refractivity contribution in [3.63, 3.8) is 0 Å². The van der Waals surface area contributed by atoms with Gasteiger partial charge in [-0.2, -0.15) is 5.10 Å². The van der Waals surface area contributed by atoms with Gasteiger partial charge in [0.2, 0.25) is 0 Å². The van der Waals surface area contributed by atoms with Gasteiger partial charge in [-0.05, 0) is 48.5 Å². The summed E-state index contributed by atoms with van der Waals surface area (Å²) in [6.45, 7) is 0. The fourth-order valence-corrected chi connectivity index (χ4v) is 3.42. The van der Waals surface area contributed by atoms with E-state index in [0.29, 0.717) is 4.77 Å². The van der Waals surface area contributed by atoms with E-state index in [-0.39, 0.29) is 17.6 Å². The van der Waals surface area contributed by atoms with Gasteiger partial charge in [0.1, 0.15) is 0 Å². The molecule has 2 heterocycles. The van der Waals surface area contributed by atoms with Crippen LogP contribution >= 0.6 is 12.2 Å². The molecule has 7 nitrogen and oxygen atoms in total. The molecule has 1 aliphatic rings. The van der Waals surface area contributed by atoms with Crippen molar-refractivity contribution >= 4 is 18.2 Å². The van der Waals surface area contributed by atoms with Crippen LogP contribution in [0.25, 0.3) is 5.69 Å². The lowest BCUT2D eigenvalue weighted by molar-refractivity contribution is 0.0697. The molecule has 0 aliphatic carbocycles. The molecular formula is C18H17N5O2S. The largest absolute Gasteiger partial charge is 0.478 e. The lowest BCUT2D eigenvalue weighted by atomic mass is 10.0. The van der Waals surface area contributed by atoms with E-state index in [1.54, 1.807) is 24.3 Å². The van der Waals surface area contributed by atoms with Crippen molar-refractivity contribution in [1.82, 2.24) is 25.6 Å². The van der Waals surface area contributed by atoms with Crippen LogP contribution in [0, 0.1) is 4.77 Å². The Labute approximate surface area is 154 Å². The lowest BCUT2D eigenvalue weighted by Gasteiger charge is -2.12. The van der Waals surface area contributed by atoms with Gasteiger partial charge in [0, 0.05) is 11.7 Å². The molecule has 8 heteroatoms. The van der Waals surface area contributed by atoms with Crippen LogP contribution in [0.5, 0.6) is 0 Å². The van der Waals surface area contributed by atoms with Crippen molar-refractivity contribution in [3.05, 3.63) is 76.3 Å². The van der Waals surface area contributed by atoms with Gasteiger partial charge in [0.25, 0.3) is 0 Å². The molecule has 0 spiro atoms. The zero-order chi connectivity index (χ0) is 18.1. The zero-order valence-electron chi connectivity index (χ0n) is 13.7. The van der Waals surface area contributed by atoms with Crippen LogP contribution in [0.3, 0.4) is 0 Å². The van der Waals surface area contributed by atoms with Gasteiger partial charge in [-0.3, -0.25) is 9.67 Å². The minimum atomic E-state index is -0.958. The number of carboxylic acid groups (broad SMARTS) is 1. The Morgan fingerprint density at radius 2 is 1.77 bits per heavy atom. The highest BCUT2D eigenvalue weighted by Crippen LogP contribution is 2.30. The maximum Gasteiger partial charge on any atom is 0.335 e. The van der Waals surface area contributed by atoms with Crippen LogP contribution in [0.1, 0.15) is 40.3 Å². The van der Waals surface area contributed by atoms with Gasteiger partial charge >= 0.3 is 5.97 Å². The third kappa shape index (κ3) is 3.05. The molecular weight excluding hydrogens is 350 g/mol. The summed E-state index contributed by atoms with van der Waals surface area (Å²) in [7, 11) is 0. The van der Waals surface area contributed by atoms with Crippen molar-refractivity contribution in [1.29, 1.82) is 0 Å². The van der Waals surface area contributed by atoms with Crippen molar-refractivity contribution < 1.29 is 9.90 Å². The van der Waals surface area contributed by atoms with Gasteiger partial charge in [-0.15, -0.1) is 0 Å². The highest BCUT2D eigenvalue weighted by atomic mass is 32.1. The molecule has 2 aromatic carbocycles. The minimum absolute atomic E-state index is 0.0349. The highest BCUT2D eigenvalue weighted by molar-refractivity contribution is 7.71. The second kappa shape index (κ2) is 6.83. The number of nitrogens with one attached hydrogen (secondary N) is 3. The first-order valence-electron chi connectivity index (χ1n) is 8.20. The number of benzene rings is 2. The summed E-state index contributed by atoms with van der Waals surface area (Å²) >= 11 is 5.38. The quantitative estimate of drug-likeness (QED) is 0.530. The number of aromatic carboxylic acids is 1. The Morgan fingerprint density at radius 3 is 2.46 bits per heavy atom. The second-order valence-electron chi connectivity index (χ2n) is 6.11. The molecule has 1 aliphatic heterocycles. The number of aromatic amines is 1. The van der Waals surface area contributed by atoms with Crippen molar-refractivity contribution in [3.8, 4) is 5.69 Å². The Bertz CT molecular complexity index is 981. The standard InChI is InChI=1S/C18H17N5O2S/c24-17(25)12-6-8-13(9-7-12)23-16(21-22-18(23)26)15-10-14(19-20-15)11-4-2-1-3-5-11/h1-9,14-15,19-20H,10H2,(H,22,26)(H,24,25). The number of hydrogen-bond acceptors (Lipinski definition) is 5. The molecule has 4 N–H and O–H groups in total. The molecule has 0 saturated carbocycles. The van der Waals surface area contributed by atoms with Crippen LogP contribution in [0.15, 0.2) is 54.6 Å². The summed E-state index contributed by atoms with van der Waals surface area (Å²) in [4.78, 5) is 11.0.